The SMILES string of the molecule is CCC(C)NCC(=O)NC(C)c1ccccn1. The molecule has 0 spiro atoms. The number of nitrogens with zero attached hydrogens (tertiary/aromatic N) is 1. The van der Waals surface area contributed by atoms with E-state index in [1.807, 2.05) is 25.1 Å². The summed E-state index contributed by atoms with van der Waals surface area (Å²) in [7, 11) is 0. The van der Waals surface area contributed by atoms with Crippen LogP contribution in [0.3, 0.4) is 0 Å². The van der Waals surface area contributed by atoms with E-state index in [0.717, 1.165) is 12.1 Å². The summed E-state index contributed by atoms with van der Waals surface area (Å²) in [6.45, 7) is 6.44. The van der Waals surface area contributed by atoms with Gasteiger partial charge in [-0.15, -0.1) is 0 Å². The highest BCUT2D eigenvalue weighted by Gasteiger charge is 2.10. The molecular formula is C13H21N3O. The molecule has 1 rings (SSSR count). The van der Waals surface area contributed by atoms with E-state index in [1.54, 1.807) is 6.20 Å². The molecule has 1 amide bonds. The second-order valence-corrected chi connectivity index (χ2v) is 4.23. The standard InChI is InChI=1S/C13H21N3O/c1-4-10(2)15-9-13(17)16-11(3)12-7-5-6-8-14-12/h5-8,10-11,15H,4,9H2,1-3H3,(H,16,17). The number of hydrogen-bond acceptors (Lipinski definition) is 3. The van der Waals surface area contributed by atoms with Gasteiger partial charge in [0.1, 0.15) is 0 Å². The lowest BCUT2D eigenvalue weighted by Crippen LogP contribution is -2.38. The fourth-order valence-corrected chi connectivity index (χ4v) is 1.41. The number of rotatable bonds is 6. The maximum absolute atomic E-state index is 11.6. The van der Waals surface area contributed by atoms with Crippen molar-refractivity contribution < 1.29 is 4.79 Å². The van der Waals surface area contributed by atoms with Crippen LogP contribution in [-0.4, -0.2) is 23.5 Å². The monoisotopic (exact) mass is 235 g/mol. The van der Waals surface area contributed by atoms with Crippen molar-refractivity contribution in [2.75, 3.05) is 6.54 Å². The van der Waals surface area contributed by atoms with Crippen LogP contribution in [0.15, 0.2) is 24.4 Å². The summed E-state index contributed by atoms with van der Waals surface area (Å²) < 4.78 is 0. The van der Waals surface area contributed by atoms with E-state index < -0.39 is 0 Å². The topological polar surface area (TPSA) is 54.0 Å². The molecule has 0 aliphatic carbocycles. The van der Waals surface area contributed by atoms with Crippen LogP contribution >= 0.6 is 0 Å². The summed E-state index contributed by atoms with van der Waals surface area (Å²) in [6.07, 6.45) is 2.75. The number of carbonyl (C=O) groups is 1. The van der Waals surface area contributed by atoms with Gasteiger partial charge in [-0.3, -0.25) is 9.78 Å². The van der Waals surface area contributed by atoms with Crippen LogP contribution in [-0.2, 0) is 4.79 Å². The Labute approximate surface area is 103 Å². The second kappa shape index (κ2) is 7.01. The van der Waals surface area contributed by atoms with E-state index in [4.69, 9.17) is 0 Å². The molecule has 0 fully saturated rings. The summed E-state index contributed by atoms with van der Waals surface area (Å²) in [6, 6.07) is 6.01. The number of carbonyl (C=O) groups excluding carboxylic acids is 1. The molecule has 2 unspecified atom stereocenters. The van der Waals surface area contributed by atoms with Crippen molar-refractivity contribution in [2.24, 2.45) is 0 Å². The molecule has 0 saturated heterocycles. The zero-order valence-electron chi connectivity index (χ0n) is 10.7. The Morgan fingerprint density at radius 1 is 1.41 bits per heavy atom. The predicted molar refractivity (Wildman–Crippen MR) is 68.6 cm³/mol. The van der Waals surface area contributed by atoms with E-state index in [0.29, 0.717) is 12.6 Å². The third kappa shape index (κ3) is 4.95. The minimum absolute atomic E-state index is 0.00320. The Kier molecular flexibility index (Phi) is 5.63. The van der Waals surface area contributed by atoms with Crippen LogP contribution in [0.4, 0.5) is 0 Å². The second-order valence-electron chi connectivity index (χ2n) is 4.23. The highest BCUT2D eigenvalue weighted by Crippen LogP contribution is 2.06. The van der Waals surface area contributed by atoms with E-state index in [2.05, 4.69) is 29.5 Å². The molecule has 1 aromatic rings. The van der Waals surface area contributed by atoms with Crippen LogP contribution in [0.1, 0.15) is 38.9 Å². The van der Waals surface area contributed by atoms with Crippen LogP contribution in [0.2, 0.25) is 0 Å². The molecule has 1 heterocycles. The van der Waals surface area contributed by atoms with Crippen molar-refractivity contribution in [2.45, 2.75) is 39.3 Å². The molecule has 0 bridgehead atoms. The molecular weight excluding hydrogens is 214 g/mol. The summed E-state index contributed by atoms with van der Waals surface area (Å²) in [5.41, 5.74) is 0.879. The van der Waals surface area contributed by atoms with Crippen molar-refractivity contribution in [3.8, 4) is 0 Å². The Hall–Kier alpha value is -1.42. The number of hydrogen-bond donors (Lipinski definition) is 2. The lowest BCUT2D eigenvalue weighted by Gasteiger charge is -2.15. The van der Waals surface area contributed by atoms with Crippen molar-refractivity contribution in [3.63, 3.8) is 0 Å². The summed E-state index contributed by atoms with van der Waals surface area (Å²) >= 11 is 0. The van der Waals surface area contributed by atoms with Crippen molar-refractivity contribution >= 4 is 5.91 Å². The highest BCUT2D eigenvalue weighted by atomic mass is 16.1. The average Bonchev–Trinajstić information content (AvgIpc) is 2.36. The van der Waals surface area contributed by atoms with Gasteiger partial charge in [0.15, 0.2) is 0 Å². The Morgan fingerprint density at radius 3 is 2.76 bits per heavy atom. The summed E-state index contributed by atoms with van der Waals surface area (Å²) in [5.74, 6) is 0.00320. The molecule has 4 heteroatoms. The molecule has 17 heavy (non-hydrogen) atoms. The fourth-order valence-electron chi connectivity index (χ4n) is 1.41. The summed E-state index contributed by atoms with van der Waals surface area (Å²) in [5, 5.41) is 6.07. The van der Waals surface area contributed by atoms with Crippen molar-refractivity contribution in [1.82, 2.24) is 15.6 Å². The quantitative estimate of drug-likeness (QED) is 0.788. The first-order valence-corrected chi connectivity index (χ1v) is 6.07. The maximum Gasteiger partial charge on any atom is 0.234 e. The molecule has 0 aliphatic heterocycles. The zero-order chi connectivity index (χ0) is 12.7. The fraction of sp³-hybridized carbons (Fsp3) is 0.538. The first-order valence-electron chi connectivity index (χ1n) is 6.07. The number of pyridine rings is 1. The van der Waals surface area contributed by atoms with Gasteiger partial charge in [-0.05, 0) is 32.4 Å². The van der Waals surface area contributed by atoms with E-state index in [-0.39, 0.29) is 11.9 Å². The lowest BCUT2D eigenvalue weighted by atomic mass is 10.2. The van der Waals surface area contributed by atoms with E-state index in [9.17, 15) is 4.79 Å². The molecule has 0 saturated carbocycles. The Balaban J connectivity index is 2.36. The van der Waals surface area contributed by atoms with Crippen LogP contribution in [0, 0.1) is 0 Å². The first-order chi connectivity index (χ1) is 8.13. The lowest BCUT2D eigenvalue weighted by molar-refractivity contribution is -0.121. The van der Waals surface area contributed by atoms with Gasteiger partial charge >= 0.3 is 0 Å². The van der Waals surface area contributed by atoms with Gasteiger partial charge in [-0.1, -0.05) is 13.0 Å². The molecule has 4 nitrogen and oxygen atoms in total. The molecule has 0 radical (unpaired) electrons. The molecule has 2 N–H and O–H groups in total. The van der Waals surface area contributed by atoms with Crippen molar-refractivity contribution in [3.05, 3.63) is 30.1 Å². The van der Waals surface area contributed by atoms with Gasteiger partial charge < -0.3 is 10.6 Å². The van der Waals surface area contributed by atoms with Gasteiger partial charge in [-0.25, -0.2) is 0 Å². The molecule has 0 aromatic carbocycles. The Morgan fingerprint density at radius 2 is 2.18 bits per heavy atom. The molecule has 0 aliphatic rings. The van der Waals surface area contributed by atoms with Crippen LogP contribution in [0.25, 0.3) is 0 Å². The first kappa shape index (κ1) is 13.6. The third-order valence-corrected chi connectivity index (χ3v) is 2.73. The third-order valence-electron chi connectivity index (χ3n) is 2.73. The Bertz CT molecular complexity index is 340. The largest absolute Gasteiger partial charge is 0.347 e. The van der Waals surface area contributed by atoms with Crippen LogP contribution in [0.5, 0.6) is 0 Å². The number of aromatic nitrogens is 1. The average molecular weight is 235 g/mol. The smallest absolute Gasteiger partial charge is 0.234 e. The van der Waals surface area contributed by atoms with Crippen molar-refractivity contribution in [1.29, 1.82) is 0 Å². The maximum atomic E-state index is 11.6. The van der Waals surface area contributed by atoms with Gasteiger partial charge in [0.05, 0.1) is 18.3 Å². The van der Waals surface area contributed by atoms with E-state index >= 15 is 0 Å². The number of nitrogens with one attached hydrogen (secondary N) is 2. The van der Waals surface area contributed by atoms with Gasteiger partial charge in [0.25, 0.3) is 0 Å². The van der Waals surface area contributed by atoms with Crippen LogP contribution < -0.4 is 10.6 Å². The predicted octanol–water partition coefficient (Wildman–Crippen LogP) is 1.65. The highest BCUT2D eigenvalue weighted by molar-refractivity contribution is 5.78. The summed E-state index contributed by atoms with van der Waals surface area (Å²) in [4.78, 5) is 15.9. The minimum Gasteiger partial charge on any atom is -0.347 e. The molecule has 94 valence electrons. The van der Waals surface area contributed by atoms with E-state index in [1.165, 1.54) is 0 Å². The zero-order valence-corrected chi connectivity index (χ0v) is 10.7. The van der Waals surface area contributed by atoms with Gasteiger partial charge in [-0.2, -0.15) is 0 Å². The molecule has 2 atom stereocenters. The van der Waals surface area contributed by atoms with Gasteiger partial charge in [0, 0.05) is 12.2 Å². The van der Waals surface area contributed by atoms with Gasteiger partial charge in [0.2, 0.25) is 5.91 Å². The normalized spacial score (nSPS) is 14.1. The number of amides is 1. The minimum atomic E-state index is -0.0533. The molecule has 1 aromatic heterocycles.